The molecule has 0 bridgehead atoms. The predicted molar refractivity (Wildman–Crippen MR) is 158 cm³/mol. The van der Waals surface area contributed by atoms with E-state index in [0.29, 0.717) is 0 Å². The first-order chi connectivity index (χ1) is 19.6. The third-order valence-electron chi connectivity index (χ3n) is 7.82. The Labute approximate surface area is 237 Å². The minimum Gasteiger partial charge on any atom is -0.350 e. The molecule has 4 aromatic rings. The standard InChI is InChI=1S/C34H34NO4P/c1-34(2)38-31-30-28(36-33(31)39-34)23-35(22-24-14-6-3-7-15-24)32(37-30)27-20-12-13-21-29(27)40(25-16-8-4-9-17-25)26-18-10-5-11-19-26/h3-21,28,30-33H,22-23H2,1-2H3/t28-,30+,31-,32+,33-/m1/s1. The SMILES string of the molecule is CC1(C)O[C@H]2O[C@@H]3CN(Cc4ccccc4)[C@H](c4ccccc4P(c4ccccc4)c4ccccc4)O[C@@H]3[C@H]2O1. The van der Waals surface area contributed by atoms with Gasteiger partial charge in [0, 0.05) is 18.7 Å². The summed E-state index contributed by atoms with van der Waals surface area (Å²) in [5.74, 6) is -0.687. The lowest BCUT2D eigenvalue weighted by Crippen LogP contribution is -2.52. The molecule has 6 heteroatoms. The monoisotopic (exact) mass is 551 g/mol. The van der Waals surface area contributed by atoms with E-state index in [0.717, 1.165) is 13.1 Å². The van der Waals surface area contributed by atoms with Crippen LogP contribution >= 0.6 is 7.92 Å². The van der Waals surface area contributed by atoms with E-state index in [2.05, 4.69) is 120 Å². The highest BCUT2D eigenvalue weighted by Gasteiger charge is 2.58. The summed E-state index contributed by atoms with van der Waals surface area (Å²) in [4.78, 5) is 2.41. The molecule has 5 atom stereocenters. The van der Waals surface area contributed by atoms with Crippen molar-refractivity contribution in [2.45, 2.75) is 57.0 Å². The molecule has 0 radical (unpaired) electrons. The maximum atomic E-state index is 7.06. The summed E-state index contributed by atoms with van der Waals surface area (Å²) < 4.78 is 25.8. The molecule has 0 saturated carbocycles. The van der Waals surface area contributed by atoms with Gasteiger partial charge in [-0.1, -0.05) is 115 Å². The molecule has 3 saturated heterocycles. The summed E-state index contributed by atoms with van der Waals surface area (Å²) in [6, 6.07) is 41.1. The van der Waals surface area contributed by atoms with E-state index in [1.807, 2.05) is 13.8 Å². The molecule has 0 amide bonds. The zero-order valence-corrected chi connectivity index (χ0v) is 23.7. The Balaban J connectivity index is 1.31. The number of rotatable bonds is 6. The van der Waals surface area contributed by atoms with Crippen molar-refractivity contribution in [3.63, 3.8) is 0 Å². The van der Waals surface area contributed by atoms with E-state index in [4.69, 9.17) is 18.9 Å². The topological polar surface area (TPSA) is 40.2 Å². The van der Waals surface area contributed by atoms with Gasteiger partial charge in [0.2, 0.25) is 0 Å². The number of fused-ring (bicyclic) bond motifs is 3. The van der Waals surface area contributed by atoms with Crippen molar-refractivity contribution in [2.75, 3.05) is 6.54 Å². The molecule has 0 spiro atoms. The second-order valence-electron chi connectivity index (χ2n) is 11.1. The molecule has 7 rings (SSSR count). The van der Waals surface area contributed by atoms with Crippen LogP contribution in [0.2, 0.25) is 0 Å². The molecule has 3 aliphatic heterocycles. The second-order valence-corrected chi connectivity index (χ2v) is 13.3. The lowest BCUT2D eigenvalue weighted by atomic mass is 10.0. The van der Waals surface area contributed by atoms with E-state index in [1.54, 1.807) is 0 Å². The number of hydrogen-bond acceptors (Lipinski definition) is 5. The van der Waals surface area contributed by atoms with Gasteiger partial charge in [0.25, 0.3) is 0 Å². The Morgan fingerprint density at radius 2 is 1.30 bits per heavy atom. The fourth-order valence-electron chi connectivity index (χ4n) is 6.14. The highest BCUT2D eigenvalue weighted by atomic mass is 31.1. The van der Waals surface area contributed by atoms with Crippen molar-refractivity contribution in [2.24, 2.45) is 0 Å². The Morgan fingerprint density at radius 3 is 1.98 bits per heavy atom. The largest absolute Gasteiger partial charge is 0.350 e. The minimum atomic E-state index is -0.804. The molecule has 4 aromatic carbocycles. The summed E-state index contributed by atoms with van der Waals surface area (Å²) in [7, 11) is -0.804. The lowest BCUT2D eigenvalue weighted by Gasteiger charge is -2.43. The fourth-order valence-corrected chi connectivity index (χ4v) is 8.61. The zero-order chi connectivity index (χ0) is 27.1. The van der Waals surface area contributed by atoms with Crippen molar-refractivity contribution < 1.29 is 18.9 Å². The Bertz CT molecular complexity index is 1390. The maximum absolute atomic E-state index is 7.06. The van der Waals surface area contributed by atoms with Crippen molar-refractivity contribution in [3.8, 4) is 0 Å². The summed E-state index contributed by atoms with van der Waals surface area (Å²) in [5.41, 5.74) is 2.43. The number of nitrogens with zero attached hydrogens (tertiary/aromatic N) is 1. The van der Waals surface area contributed by atoms with Crippen LogP contribution in [0, 0.1) is 0 Å². The highest BCUT2D eigenvalue weighted by molar-refractivity contribution is 7.79. The molecule has 3 fully saturated rings. The molecule has 3 heterocycles. The van der Waals surface area contributed by atoms with Gasteiger partial charge in [0.05, 0.1) is 0 Å². The van der Waals surface area contributed by atoms with E-state index in [9.17, 15) is 0 Å². The van der Waals surface area contributed by atoms with Crippen molar-refractivity contribution >= 4 is 23.8 Å². The molecule has 0 aliphatic carbocycles. The first-order valence-corrected chi connectivity index (χ1v) is 15.3. The highest BCUT2D eigenvalue weighted by Crippen LogP contribution is 2.45. The normalized spacial score (nSPS) is 27.4. The van der Waals surface area contributed by atoms with E-state index >= 15 is 0 Å². The van der Waals surface area contributed by atoms with Crippen molar-refractivity contribution in [3.05, 3.63) is 126 Å². The first-order valence-electron chi connectivity index (χ1n) is 14.0. The summed E-state index contributed by atoms with van der Waals surface area (Å²) in [6.07, 6.45) is -1.26. The third kappa shape index (κ3) is 5.03. The van der Waals surface area contributed by atoms with Crippen LogP contribution in [0.25, 0.3) is 0 Å². The van der Waals surface area contributed by atoms with Gasteiger partial charge in [-0.2, -0.15) is 0 Å². The fraction of sp³-hybridized carbons (Fsp3) is 0.294. The second kappa shape index (κ2) is 10.8. The zero-order valence-electron chi connectivity index (χ0n) is 22.8. The Kier molecular flexibility index (Phi) is 7.05. The molecule has 40 heavy (non-hydrogen) atoms. The lowest BCUT2D eigenvalue weighted by molar-refractivity contribution is -0.252. The smallest absolute Gasteiger partial charge is 0.190 e. The average molecular weight is 552 g/mol. The van der Waals surface area contributed by atoms with Gasteiger partial charge in [-0.3, -0.25) is 4.90 Å². The molecule has 0 unspecified atom stereocenters. The molecule has 3 aliphatic rings. The molecular formula is C34H34NO4P. The summed E-state index contributed by atoms with van der Waals surface area (Å²) in [6.45, 7) is 5.36. The van der Waals surface area contributed by atoms with Crippen LogP contribution in [0.4, 0.5) is 0 Å². The average Bonchev–Trinajstić information content (AvgIpc) is 3.45. The Hall–Kier alpha value is -2.89. The molecule has 204 valence electrons. The minimum absolute atomic E-state index is 0.122. The molecule has 0 aromatic heterocycles. The quantitative estimate of drug-likeness (QED) is 0.308. The van der Waals surface area contributed by atoms with Gasteiger partial charge in [-0.25, -0.2) is 0 Å². The van der Waals surface area contributed by atoms with Gasteiger partial charge < -0.3 is 18.9 Å². The van der Waals surface area contributed by atoms with Crippen molar-refractivity contribution in [1.82, 2.24) is 4.90 Å². The van der Waals surface area contributed by atoms with Crippen LogP contribution < -0.4 is 15.9 Å². The maximum Gasteiger partial charge on any atom is 0.190 e. The van der Waals surface area contributed by atoms with Crippen molar-refractivity contribution in [1.29, 1.82) is 0 Å². The van der Waals surface area contributed by atoms with Gasteiger partial charge in [0.15, 0.2) is 12.1 Å². The third-order valence-corrected chi connectivity index (χ3v) is 10.3. The van der Waals surface area contributed by atoms with E-state index < -0.39 is 20.0 Å². The number of benzene rings is 4. The van der Waals surface area contributed by atoms with Crippen LogP contribution in [0.5, 0.6) is 0 Å². The van der Waals surface area contributed by atoms with Gasteiger partial charge in [-0.05, 0) is 43.2 Å². The predicted octanol–water partition coefficient (Wildman–Crippen LogP) is 5.22. The molecular weight excluding hydrogens is 517 g/mol. The van der Waals surface area contributed by atoms with Gasteiger partial charge in [-0.15, -0.1) is 0 Å². The van der Waals surface area contributed by atoms with Crippen LogP contribution in [0.1, 0.15) is 31.2 Å². The summed E-state index contributed by atoms with van der Waals surface area (Å²) in [5, 5.41) is 3.94. The van der Waals surface area contributed by atoms with Gasteiger partial charge in [0.1, 0.15) is 24.5 Å². The number of hydrogen-bond donors (Lipinski definition) is 0. The van der Waals surface area contributed by atoms with Gasteiger partial charge >= 0.3 is 0 Å². The molecule has 0 N–H and O–H groups in total. The van der Waals surface area contributed by atoms with Crippen LogP contribution in [0.15, 0.2) is 115 Å². The molecule has 5 nitrogen and oxygen atoms in total. The van der Waals surface area contributed by atoms with Crippen LogP contribution in [0.3, 0.4) is 0 Å². The summed E-state index contributed by atoms with van der Waals surface area (Å²) >= 11 is 0. The first kappa shape index (κ1) is 26.0. The Morgan fingerprint density at radius 1 is 0.700 bits per heavy atom. The van der Waals surface area contributed by atoms with Crippen LogP contribution in [-0.2, 0) is 25.5 Å². The van der Waals surface area contributed by atoms with E-state index in [1.165, 1.54) is 27.0 Å². The van der Waals surface area contributed by atoms with E-state index in [-0.39, 0.29) is 24.5 Å². The number of ether oxygens (including phenoxy) is 4. The van der Waals surface area contributed by atoms with Crippen LogP contribution in [-0.4, -0.2) is 41.8 Å².